The van der Waals surface area contributed by atoms with Gasteiger partial charge in [-0.25, -0.2) is 0 Å². The van der Waals surface area contributed by atoms with Gasteiger partial charge in [-0.1, -0.05) is 31.9 Å². The third-order valence-electron chi connectivity index (χ3n) is 5.30. The van der Waals surface area contributed by atoms with Crippen molar-refractivity contribution < 1.29 is 9.90 Å². The minimum atomic E-state index is -0.867. The maximum absolute atomic E-state index is 12.4. The number of hydrogen-bond acceptors (Lipinski definition) is 2. The second-order valence-corrected chi connectivity index (χ2v) is 6.52. The molecule has 2 nitrogen and oxygen atoms in total. The first-order chi connectivity index (χ1) is 8.44. The number of halogens is 1. The number of alkyl halides is 1. The van der Waals surface area contributed by atoms with Crippen LogP contribution < -0.4 is 0 Å². The molecular formula is C15H23ClO2. The van der Waals surface area contributed by atoms with Crippen LogP contribution in [0, 0.1) is 23.2 Å². The van der Waals surface area contributed by atoms with Gasteiger partial charge in [0.1, 0.15) is 6.10 Å². The number of aliphatic hydroxyl groups is 1. The molecule has 2 fully saturated rings. The second kappa shape index (κ2) is 4.97. The zero-order valence-electron chi connectivity index (χ0n) is 11.3. The quantitative estimate of drug-likeness (QED) is 0.618. The monoisotopic (exact) mass is 270 g/mol. The summed E-state index contributed by atoms with van der Waals surface area (Å²) in [4.78, 5) is 12.4. The van der Waals surface area contributed by atoms with E-state index in [1.807, 2.05) is 6.92 Å². The van der Waals surface area contributed by atoms with Crippen molar-refractivity contribution in [2.24, 2.45) is 23.2 Å². The van der Waals surface area contributed by atoms with Gasteiger partial charge in [0.2, 0.25) is 0 Å². The van der Waals surface area contributed by atoms with E-state index in [9.17, 15) is 9.90 Å². The highest BCUT2D eigenvalue weighted by molar-refractivity contribution is 6.18. The van der Waals surface area contributed by atoms with Crippen molar-refractivity contribution in [2.75, 3.05) is 5.88 Å². The van der Waals surface area contributed by atoms with Crippen LogP contribution in [0.1, 0.15) is 39.5 Å². The predicted octanol–water partition coefficient (Wildman–Crippen LogP) is 3.17. The van der Waals surface area contributed by atoms with E-state index in [0.717, 1.165) is 31.3 Å². The van der Waals surface area contributed by atoms with Crippen molar-refractivity contribution in [3.63, 3.8) is 0 Å². The maximum Gasteiger partial charge on any atom is 0.165 e. The SMILES string of the molecule is C=C(C)C1CC2(CCl)C(C)CCCC2C(=O)C1O. The molecule has 0 radical (unpaired) electrons. The molecule has 2 aliphatic carbocycles. The lowest BCUT2D eigenvalue weighted by Crippen LogP contribution is -2.56. The van der Waals surface area contributed by atoms with Crippen molar-refractivity contribution >= 4 is 17.4 Å². The minimum Gasteiger partial charge on any atom is -0.385 e. The Morgan fingerprint density at radius 2 is 2.22 bits per heavy atom. The molecule has 3 heteroatoms. The summed E-state index contributed by atoms with van der Waals surface area (Å²) in [7, 11) is 0. The van der Waals surface area contributed by atoms with E-state index in [1.165, 1.54) is 0 Å². The first-order valence-corrected chi connectivity index (χ1v) is 7.40. The number of Topliss-reactive ketones (excluding diaryl/α,β-unsaturated/α-hetero) is 1. The van der Waals surface area contributed by atoms with E-state index < -0.39 is 6.10 Å². The van der Waals surface area contributed by atoms with E-state index in [0.29, 0.717) is 11.8 Å². The predicted molar refractivity (Wildman–Crippen MR) is 73.6 cm³/mol. The Balaban J connectivity index is 2.39. The lowest BCUT2D eigenvalue weighted by molar-refractivity contribution is -0.151. The molecule has 2 rings (SSSR count). The molecular weight excluding hydrogens is 248 g/mol. The highest BCUT2D eigenvalue weighted by Gasteiger charge is 2.55. The molecule has 0 heterocycles. The smallest absolute Gasteiger partial charge is 0.165 e. The molecule has 0 spiro atoms. The van der Waals surface area contributed by atoms with Crippen LogP contribution in [0.3, 0.4) is 0 Å². The third-order valence-corrected chi connectivity index (χ3v) is 5.80. The van der Waals surface area contributed by atoms with E-state index in [2.05, 4.69) is 13.5 Å². The van der Waals surface area contributed by atoms with Crippen molar-refractivity contribution in [1.29, 1.82) is 0 Å². The highest BCUT2D eigenvalue weighted by Crippen LogP contribution is 2.55. The number of ketones is 1. The Labute approximate surface area is 114 Å². The van der Waals surface area contributed by atoms with E-state index in [1.54, 1.807) is 0 Å². The molecule has 0 aliphatic heterocycles. The van der Waals surface area contributed by atoms with Crippen molar-refractivity contribution in [3.05, 3.63) is 12.2 Å². The van der Waals surface area contributed by atoms with Crippen LogP contribution in [0.5, 0.6) is 0 Å². The third kappa shape index (κ3) is 1.94. The summed E-state index contributed by atoms with van der Waals surface area (Å²) in [6, 6.07) is 0. The maximum atomic E-state index is 12.4. The fourth-order valence-electron chi connectivity index (χ4n) is 3.96. The topological polar surface area (TPSA) is 37.3 Å². The Kier molecular flexibility index (Phi) is 3.89. The average Bonchev–Trinajstić information content (AvgIpc) is 2.34. The lowest BCUT2D eigenvalue weighted by atomic mass is 9.52. The molecule has 0 aromatic carbocycles. The highest BCUT2D eigenvalue weighted by atomic mass is 35.5. The van der Waals surface area contributed by atoms with E-state index in [-0.39, 0.29) is 23.0 Å². The zero-order valence-corrected chi connectivity index (χ0v) is 12.0. The molecule has 0 amide bonds. The van der Waals surface area contributed by atoms with Crippen LogP contribution in [-0.4, -0.2) is 22.9 Å². The minimum absolute atomic E-state index is 0.00134. The summed E-state index contributed by atoms with van der Waals surface area (Å²) >= 11 is 6.26. The molecule has 0 saturated heterocycles. The van der Waals surface area contributed by atoms with Crippen molar-refractivity contribution in [1.82, 2.24) is 0 Å². The summed E-state index contributed by atoms with van der Waals surface area (Å²) < 4.78 is 0. The van der Waals surface area contributed by atoms with Gasteiger partial charge >= 0.3 is 0 Å². The molecule has 1 N–H and O–H groups in total. The van der Waals surface area contributed by atoms with Crippen LogP contribution in [-0.2, 0) is 4.79 Å². The number of rotatable bonds is 2. The number of aliphatic hydroxyl groups excluding tert-OH is 1. The second-order valence-electron chi connectivity index (χ2n) is 6.26. The summed E-state index contributed by atoms with van der Waals surface area (Å²) in [5, 5.41) is 10.2. The number of carbonyl (C=O) groups excluding carboxylic acids is 1. The van der Waals surface area contributed by atoms with Crippen molar-refractivity contribution in [3.8, 4) is 0 Å². The Morgan fingerprint density at radius 1 is 1.56 bits per heavy atom. The molecule has 0 bridgehead atoms. The molecule has 102 valence electrons. The summed E-state index contributed by atoms with van der Waals surface area (Å²) in [6.45, 7) is 8.04. The molecule has 5 atom stereocenters. The van der Waals surface area contributed by atoms with Gasteiger partial charge in [0.05, 0.1) is 0 Å². The van der Waals surface area contributed by atoms with Gasteiger partial charge in [0, 0.05) is 17.7 Å². The molecule has 18 heavy (non-hydrogen) atoms. The zero-order chi connectivity index (χ0) is 13.5. The number of carbonyl (C=O) groups is 1. The Morgan fingerprint density at radius 3 is 2.78 bits per heavy atom. The van der Waals surface area contributed by atoms with Gasteiger partial charge in [0.25, 0.3) is 0 Å². The van der Waals surface area contributed by atoms with Crippen LogP contribution >= 0.6 is 11.6 Å². The lowest BCUT2D eigenvalue weighted by Gasteiger charge is -2.53. The summed E-state index contributed by atoms with van der Waals surface area (Å²) in [5.41, 5.74) is 0.774. The fourth-order valence-corrected chi connectivity index (χ4v) is 4.52. The summed E-state index contributed by atoms with van der Waals surface area (Å²) in [5.74, 6) is 0.798. The van der Waals surface area contributed by atoms with Gasteiger partial charge in [-0.3, -0.25) is 4.79 Å². The molecule has 2 aliphatic rings. The number of fused-ring (bicyclic) bond motifs is 1. The molecule has 0 aromatic rings. The first-order valence-electron chi connectivity index (χ1n) is 6.87. The van der Waals surface area contributed by atoms with Crippen LogP contribution in [0.2, 0.25) is 0 Å². The largest absolute Gasteiger partial charge is 0.385 e. The Hall–Kier alpha value is -0.340. The fraction of sp³-hybridized carbons (Fsp3) is 0.800. The number of hydrogen-bond donors (Lipinski definition) is 1. The van der Waals surface area contributed by atoms with E-state index in [4.69, 9.17) is 11.6 Å². The van der Waals surface area contributed by atoms with Crippen LogP contribution in [0.4, 0.5) is 0 Å². The normalized spacial score (nSPS) is 44.6. The van der Waals surface area contributed by atoms with Crippen LogP contribution in [0.25, 0.3) is 0 Å². The van der Waals surface area contributed by atoms with Gasteiger partial charge in [-0.2, -0.15) is 0 Å². The van der Waals surface area contributed by atoms with Gasteiger partial charge in [-0.05, 0) is 31.1 Å². The average molecular weight is 271 g/mol. The van der Waals surface area contributed by atoms with Crippen molar-refractivity contribution in [2.45, 2.75) is 45.6 Å². The summed E-state index contributed by atoms with van der Waals surface area (Å²) in [6.07, 6.45) is 3.03. The molecule has 0 aromatic heterocycles. The first kappa shape index (κ1) is 14.1. The van der Waals surface area contributed by atoms with Crippen LogP contribution in [0.15, 0.2) is 12.2 Å². The standard InChI is InChI=1S/C15H23ClO2/c1-9(2)11-7-15(8-16)10(3)5-4-6-12(15)14(18)13(11)17/h10-13,17H,1,4-8H2,2-3H3. The van der Waals surface area contributed by atoms with Gasteiger partial charge in [-0.15, -0.1) is 11.6 Å². The van der Waals surface area contributed by atoms with E-state index >= 15 is 0 Å². The molecule has 2 saturated carbocycles. The Bertz CT molecular complexity index is 366. The van der Waals surface area contributed by atoms with Gasteiger partial charge < -0.3 is 5.11 Å². The van der Waals surface area contributed by atoms with Gasteiger partial charge in [0.15, 0.2) is 5.78 Å². The molecule has 5 unspecified atom stereocenters.